The molecule has 0 unspecified atom stereocenters. The lowest BCUT2D eigenvalue weighted by molar-refractivity contribution is 0.0593. The third-order valence-electron chi connectivity index (χ3n) is 3.50. The molecule has 23 heavy (non-hydrogen) atoms. The Kier molecular flexibility index (Phi) is 4.17. The fourth-order valence-corrected chi connectivity index (χ4v) is 2.73. The van der Waals surface area contributed by atoms with Gasteiger partial charge in [-0.15, -0.1) is 0 Å². The molecular formula is C18H15ClN2O2. The summed E-state index contributed by atoms with van der Waals surface area (Å²) in [7, 11) is 1.31. The maximum absolute atomic E-state index is 11.9. The molecule has 3 aromatic rings. The number of benzene rings is 2. The maximum Gasteiger partial charge on any atom is 0.360 e. The highest BCUT2D eigenvalue weighted by atomic mass is 35.5. The van der Waals surface area contributed by atoms with Gasteiger partial charge in [-0.3, -0.25) is 0 Å². The van der Waals surface area contributed by atoms with Crippen molar-refractivity contribution in [3.63, 3.8) is 0 Å². The highest BCUT2D eigenvalue weighted by molar-refractivity contribution is 6.35. The number of halogens is 1. The second kappa shape index (κ2) is 6.26. The van der Waals surface area contributed by atoms with Crippen LogP contribution in [0.1, 0.15) is 16.1 Å². The van der Waals surface area contributed by atoms with Gasteiger partial charge in [0.25, 0.3) is 0 Å². The summed E-state index contributed by atoms with van der Waals surface area (Å²) in [5.41, 5.74) is 3.58. The zero-order valence-corrected chi connectivity index (χ0v) is 13.5. The Hall–Kier alpha value is -2.59. The van der Waals surface area contributed by atoms with E-state index < -0.39 is 5.97 Å². The number of hydrogen-bond acceptors (Lipinski definition) is 3. The number of rotatable bonds is 3. The predicted molar refractivity (Wildman–Crippen MR) is 90.1 cm³/mol. The Morgan fingerprint density at radius 3 is 2.52 bits per heavy atom. The molecule has 0 bridgehead atoms. The lowest BCUT2D eigenvalue weighted by atomic mass is 10.1. The van der Waals surface area contributed by atoms with Gasteiger partial charge in [0, 0.05) is 5.56 Å². The smallest absolute Gasteiger partial charge is 0.360 e. The largest absolute Gasteiger partial charge is 0.464 e. The molecule has 116 valence electrons. The Bertz CT molecular complexity index is 857. The quantitative estimate of drug-likeness (QED) is 0.674. The van der Waals surface area contributed by atoms with Crippen LogP contribution in [-0.2, 0) is 4.74 Å². The van der Waals surface area contributed by atoms with E-state index in [4.69, 9.17) is 16.3 Å². The zero-order valence-electron chi connectivity index (χ0n) is 12.8. The van der Waals surface area contributed by atoms with Gasteiger partial charge < -0.3 is 4.74 Å². The molecule has 1 heterocycles. The van der Waals surface area contributed by atoms with Gasteiger partial charge in [-0.05, 0) is 25.1 Å². The van der Waals surface area contributed by atoms with Gasteiger partial charge >= 0.3 is 5.97 Å². The van der Waals surface area contributed by atoms with Crippen LogP contribution in [0.4, 0.5) is 0 Å². The van der Waals surface area contributed by atoms with E-state index in [1.807, 2.05) is 61.5 Å². The number of ether oxygens (including phenoxy) is 1. The van der Waals surface area contributed by atoms with Crippen molar-refractivity contribution < 1.29 is 9.53 Å². The average molecular weight is 327 g/mol. The molecule has 0 atom stereocenters. The standard InChI is InChI=1S/C18H15ClN2O2/c1-12-7-6-8-13(11-12)17-15(19)16(18(22)23-2)20-21(17)14-9-4-3-5-10-14/h3-11H,1-2H3. The number of carbonyl (C=O) groups is 1. The molecule has 0 aliphatic rings. The van der Waals surface area contributed by atoms with Crippen molar-refractivity contribution in [2.24, 2.45) is 0 Å². The molecule has 3 rings (SSSR count). The molecule has 1 aromatic heterocycles. The monoisotopic (exact) mass is 326 g/mol. The summed E-state index contributed by atoms with van der Waals surface area (Å²) in [4.78, 5) is 11.9. The van der Waals surface area contributed by atoms with Crippen molar-refractivity contribution in [2.45, 2.75) is 6.92 Å². The number of para-hydroxylation sites is 1. The third kappa shape index (κ3) is 2.85. The van der Waals surface area contributed by atoms with Gasteiger partial charge in [0.05, 0.1) is 18.5 Å². The molecule has 0 amide bonds. The molecule has 0 aliphatic heterocycles. The molecule has 0 spiro atoms. The molecule has 0 saturated heterocycles. The van der Waals surface area contributed by atoms with E-state index >= 15 is 0 Å². The van der Waals surface area contributed by atoms with E-state index in [9.17, 15) is 4.79 Å². The molecular weight excluding hydrogens is 312 g/mol. The molecule has 0 radical (unpaired) electrons. The van der Waals surface area contributed by atoms with Crippen LogP contribution in [-0.4, -0.2) is 22.9 Å². The molecule has 0 N–H and O–H groups in total. The number of methoxy groups -OCH3 is 1. The van der Waals surface area contributed by atoms with Crippen molar-refractivity contribution in [1.82, 2.24) is 9.78 Å². The topological polar surface area (TPSA) is 44.1 Å². The Balaban J connectivity index is 2.28. The fraction of sp³-hybridized carbons (Fsp3) is 0.111. The first-order valence-electron chi connectivity index (χ1n) is 7.11. The van der Waals surface area contributed by atoms with Crippen LogP contribution in [0.2, 0.25) is 5.02 Å². The van der Waals surface area contributed by atoms with Crippen molar-refractivity contribution in [2.75, 3.05) is 7.11 Å². The van der Waals surface area contributed by atoms with Crippen LogP contribution >= 0.6 is 11.6 Å². The number of nitrogens with zero attached hydrogens (tertiary/aromatic N) is 2. The van der Waals surface area contributed by atoms with E-state index in [2.05, 4.69) is 5.10 Å². The first-order chi connectivity index (χ1) is 11.1. The Morgan fingerprint density at radius 1 is 1.13 bits per heavy atom. The minimum Gasteiger partial charge on any atom is -0.464 e. The highest BCUT2D eigenvalue weighted by Crippen LogP contribution is 2.33. The maximum atomic E-state index is 11.9. The number of carbonyl (C=O) groups excluding carboxylic acids is 1. The van der Waals surface area contributed by atoms with Gasteiger partial charge in [0.2, 0.25) is 0 Å². The van der Waals surface area contributed by atoms with E-state index in [1.165, 1.54) is 7.11 Å². The lowest BCUT2D eigenvalue weighted by Crippen LogP contribution is -2.04. The molecule has 2 aromatic carbocycles. The van der Waals surface area contributed by atoms with Crippen LogP contribution < -0.4 is 0 Å². The van der Waals surface area contributed by atoms with Gasteiger partial charge in [-0.2, -0.15) is 5.10 Å². The Labute approximate surface area is 139 Å². The normalized spacial score (nSPS) is 10.6. The number of aromatic nitrogens is 2. The van der Waals surface area contributed by atoms with E-state index in [0.717, 1.165) is 16.8 Å². The zero-order chi connectivity index (χ0) is 16.4. The first-order valence-corrected chi connectivity index (χ1v) is 7.49. The van der Waals surface area contributed by atoms with E-state index in [0.29, 0.717) is 5.69 Å². The van der Waals surface area contributed by atoms with Crippen molar-refractivity contribution in [3.8, 4) is 16.9 Å². The van der Waals surface area contributed by atoms with Crippen LogP contribution in [0.3, 0.4) is 0 Å². The van der Waals surface area contributed by atoms with Crippen LogP contribution in [0, 0.1) is 6.92 Å². The first kappa shape index (κ1) is 15.3. The van der Waals surface area contributed by atoms with Gasteiger partial charge in [-0.1, -0.05) is 53.6 Å². The highest BCUT2D eigenvalue weighted by Gasteiger charge is 2.24. The van der Waals surface area contributed by atoms with Crippen LogP contribution in [0.25, 0.3) is 16.9 Å². The van der Waals surface area contributed by atoms with E-state index in [1.54, 1.807) is 4.68 Å². The molecule has 5 heteroatoms. The second-order valence-electron chi connectivity index (χ2n) is 5.12. The van der Waals surface area contributed by atoms with Gasteiger partial charge in [0.1, 0.15) is 5.02 Å². The SMILES string of the molecule is COC(=O)c1nn(-c2ccccc2)c(-c2cccc(C)c2)c1Cl. The average Bonchev–Trinajstić information content (AvgIpc) is 2.92. The number of hydrogen-bond donors (Lipinski definition) is 0. The summed E-state index contributed by atoms with van der Waals surface area (Å²) in [5, 5.41) is 4.65. The summed E-state index contributed by atoms with van der Waals surface area (Å²) >= 11 is 6.46. The molecule has 0 fully saturated rings. The van der Waals surface area contributed by atoms with Crippen molar-refractivity contribution in [1.29, 1.82) is 0 Å². The van der Waals surface area contributed by atoms with Crippen molar-refractivity contribution in [3.05, 3.63) is 70.9 Å². The summed E-state index contributed by atoms with van der Waals surface area (Å²) < 4.78 is 6.45. The summed E-state index contributed by atoms with van der Waals surface area (Å²) in [5.74, 6) is -0.557. The molecule has 0 aliphatic carbocycles. The minimum atomic E-state index is -0.557. The summed E-state index contributed by atoms with van der Waals surface area (Å²) in [6.45, 7) is 2.00. The van der Waals surface area contributed by atoms with Crippen LogP contribution in [0.5, 0.6) is 0 Å². The molecule has 0 saturated carbocycles. The summed E-state index contributed by atoms with van der Waals surface area (Å²) in [6.07, 6.45) is 0. The predicted octanol–water partition coefficient (Wildman–Crippen LogP) is 4.29. The van der Waals surface area contributed by atoms with Gasteiger partial charge in [-0.25, -0.2) is 9.48 Å². The second-order valence-corrected chi connectivity index (χ2v) is 5.50. The summed E-state index contributed by atoms with van der Waals surface area (Å²) in [6, 6.07) is 17.4. The minimum absolute atomic E-state index is 0.106. The van der Waals surface area contributed by atoms with Crippen molar-refractivity contribution >= 4 is 17.6 Å². The van der Waals surface area contributed by atoms with E-state index in [-0.39, 0.29) is 10.7 Å². The van der Waals surface area contributed by atoms with Crippen LogP contribution in [0.15, 0.2) is 54.6 Å². The third-order valence-corrected chi connectivity index (χ3v) is 3.86. The Morgan fingerprint density at radius 2 is 1.87 bits per heavy atom. The number of esters is 1. The fourth-order valence-electron chi connectivity index (χ4n) is 2.42. The molecule has 4 nitrogen and oxygen atoms in total. The number of aryl methyl sites for hydroxylation is 1. The van der Waals surface area contributed by atoms with Gasteiger partial charge in [0.15, 0.2) is 5.69 Å². The lowest BCUT2D eigenvalue weighted by Gasteiger charge is -2.08.